The second kappa shape index (κ2) is 5.48. The number of aromatic nitrogens is 2. The van der Waals surface area contributed by atoms with Crippen LogP contribution in [0.25, 0.3) is 0 Å². The molecule has 0 saturated heterocycles. The largest absolute Gasteiger partial charge is 0.317 e. The lowest BCUT2D eigenvalue weighted by molar-refractivity contribution is 0.319. The molecule has 1 rings (SSSR count). The molecule has 1 N–H and O–H groups in total. The maximum atomic E-state index is 4.39. The van der Waals surface area contributed by atoms with Crippen LogP contribution in [0.4, 0.5) is 0 Å². The summed E-state index contributed by atoms with van der Waals surface area (Å²) in [6.45, 7) is 11.0. The van der Waals surface area contributed by atoms with Crippen LogP contribution < -0.4 is 5.32 Å². The smallest absolute Gasteiger partial charge is 0.0596 e. The first-order valence-electron chi connectivity index (χ1n) is 6.15. The summed E-state index contributed by atoms with van der Waals surface area (Å²) in [5.41, 5.74) is 2.78. The third kappa shape index (κ3) is 3.97. The number of rotatable bonds is 6. The number of hydrogen-bond donors (Lipinski definition) is 1. The van der Waals surface area contributed by atoms with E-state index in [1.54, 1.807) is 0 Å². The maximum absolute atomic E-state index is 4.39. The molecule has 0 amide bonds. The van der Waals surface area contributed by atoms with Gasteiger partial charge in [0, 0.05) is 12.7 Å². The zero-order valence-electron chi connectivity index (χ0n) is 11.3. The van der Waals surface area contributed by atoms with E-state index in [1.807, 2.05) is 11.7 Å². The topological polar surface area (TPSA) is 29.9 Å². The average Bonchev–Trinajstić information content (AvgIpc) is 2.44. The Hall–Kier alpha value is -0.830. The molecule has 0 aliphatic rings. The quantitative estimate of drug-likeness (QED) is 0.750. The molecule has 0 bridgehead atoms. The first kappa shape index (κ1) is 13.2. The SMILES string of the molecule is CCNCCC(C)(C)Cc1cc(C)nn1C. The molecule has 1 aromatic rings. The maximum Gasteiger partial charge on any atom is 0.0596 e. The van der Waals surface area contributed by atoms with Gasteiger partial charge in [-0.15, -0.1) is 0 Å². The molecule has 0 aliphatic carbocycles. The summed E-state index contributed by atoms with van der Waals surface area (Å²) in [4.78, 5) is 0. The lowest BCUT2D eigenvalue weighted by Crippen LogP contribution is -2.24. The van der Waals surface area contributed by atoms with Gasteiger partial charge in [0.2, 0.25) is 0 Å². The minimum Gasteiger partial charge on any atom is -0.317 e. The average molecular weight is 223 g/mol. The highest BCUT2D eigenvalue weighted by Gasteiger charge is 2.19. The number of nitrogens with zero attached hydrogens (tertiary/aromatic N) is 2. The van der Waals surface area contributed by atoms with Crippen molar-refractivity contribution in [3.05, 3.63) is 17.5 Å². The fourth-order valence-corrected chi connectivity index (χ4v) is 2.01. The summed E-state index contributed by atoms with van der Waals surface area (Å²) >= 11 is 0. The highest BCUT2D eigenvalue weighted by atomic mass is 15.3. The van der Waals surface area contributed by atoms with E-state index in [0.29, 0.717) is 5.41 Å². The Morgan fingerprint density at radius 3 is 2.62 bits per heavy atom. The Balaban J connectivity index is 2.54. The molecule has 92 valence electrons. The lowest BCUT2D eigenvalue weighted by Gasteiger charge is -2.24. The normalized spacial score (nSPS) is 12.1. The van der Waals surface area contributed by atoms with Crippen LogP contribution in [0.15, 0.2) is 6.07 Å². The number of aryl methyl sites for hydroxylation is 2. The van der Waals surface area contributed by atoms with Crippen molar-refractivity contribution in [1.29, 1.82) is 0 Å². The van der Waals surface area contributed by atoms with Crippen molar-refractivity contribution in [2.75, 3.05) is 13.1 Å². The third-order valence-corrected chi connectivity index (χ3v) is 2.99. The molecule has 0 aliphatic heterocycles. The van der Waals surface area contributed by atoms with Crippen molar-refractivity contribution in [2.45, 2.75) is 40.5 Å². The Bertz CT molecular complexity index is 326. The summed E-state index contributed by atoms with van der Waals surface area (Å²) < 4.78 is 2.00. The number of hydrogen-bond acceptors (Lipinski definition) is 2. The molecule has 0 unspecified atom stereocenters. The summed E-state index contributed by atoms with van der Waals surface area (Å²) in [6, 6.07) is 2.19. The fraction of sp³-hybridized carbons (Fsp3) is 0.769. The van der Waals surface area contributed by atoms with Crippen LogP contribution in [0.2, 0.25) is 0 Å². The Labute approximate surface area is 99.2 Å². The molecule has 3 heteroatoms. The molecule has 3 nitrogen and oxygen atoms in total. The first-order chi connectivity index (χ1) is 7.44. The molecular weight excluding hydrogens is 198 g/mol. The monoisotopic (exact) mass is 223 g/mol. The minimum atomic E-state index is 0.336. The fourth-order valence-electron chi connectivity index (χ4n) is 2.01. The van der Waals surface area contributed by atoms with E-state index >= 15 is 0 Å². The third-order valence-electron chi connectivity index (χ3n) is 2.99. The van der Waals surface area contributed by atoms with Crippen LogP contribution in [0.3, 0.4) is 0 Å². The van der Waals surface area contributed by atoms with Crippen molar-refractivity contribution in [1.82, 2.24) is 15.1 Å². The Morgan fingerprint density at radius 2 is 2.12 bits per heavy atom. The molecule has 16 heavy (non-hydrogen) atoms. The predicted molar refractivity (Wildman–Crippen MR) is 68.6 cm³/mol. The molecule has 1 heterocycles. The van der Waals surface area contributed by atoms with E-state index in [9.17, 15) is 0 Å². The molecule has 0 radical (unpaired) electrons. The zero-order chi connectivity index (χ0) is 12.2. The van der Waals surface area contributed by atoms with E-state index in [0.717, 1.165) is 25.2 Å². The second-order valence-corrected chi connectivity index (χ2v) is 5.35. The van der Waals surface area contributed by atoms with E-state index in [1.165, 1.54) is 12.1 Å². The van der Waals surface area contributed by atoms with Crippen LogP contribution in [-0.2, 0) is 13.5 Å². The van der Waals surface area contributed by atoms with Crippen molar-refractivity contribution >= 4 is 0 Å². The Kier molecular flexibility index (Phi) is 4.54. The van der Waals surface area contributed by atoms with Gasteiger partial charge in [0.1, 0.15) is 0 Å². The van der Waals surface area contributed by atoms with Gasteiger partial charge in [-0.05, 0) is 44.3 Å². The van der Waals surface area contributed by atoms with Gasteiger partial charge in [-0.2, -0.15) is 5.10 Å². The van der Waals surface area contributed by atoms with E-state index in [-0.39, 0.29) is 0 Å². The van der Waals surface area contributed by atoms with E-state index < -0.39 is 0 Å². The summed E-state index contributed by atoms with van der Waals surface area (Å²) in [5.74, 6) is 0. The molecular formula is C13H25N3. The van der Waals surface area contributed by atoms with Gasteiger partial charge in [0.05, 0.1) is 5.69 Å². The molecule has 0 atom stereocenters. The highest BCUT2D eigenvalue weighted by Crippen LogP contribution is 2.25. The van der Waals surface area contributed by atoms with Crippen LogP contribution in [0.1, 0.15) is 38.6 Å². The van der Waals surface area contributed by atoms with Gasteiger partial charge in [0.25, 0.3) is 0 Å². The van der Waals surface area contributed by atoms with Gasteiger partial charge >= 0.3 is 0 Å². The van der Waals surface area contributed by atoms with Crippen LogP contribution in [0, 0.1) is 12.3 Å². The first-order valence-corrected chi connectivity index (χ1v) is 6.15. The van der Waals surface area contributed by atoms with Gasteiger partial charge in [-0.25, -0.2) is 0 Å². The van der Waals surface area contributed by atoms with Crippen LogP contribution in [-0.4, -0.2) is 22.9 Å². The van der Waals surface area contributed by atoms with Gasteiger partial charge in [-0.3, -0.25) is 4.68 Å². The van der Waals surface area contributed by atoms with Gasteiger partial charge in [0.15, 0.2) is 0 Å². The predicted octanol–water partition coefficient (Wildman–Crippen LogP) is 2.30. The second-order valence-electron chi connectivity index (χ2n) is 5.35. The number of nitrogens with one attached hydrogen (secondary N) is 1. The minimum absolute atomic E-state index is 0.336. The summed E-state index contributed by atoms with van der Waals surface area (Å²) in [5, 5.41) is 7.78. The van der Waals surface area contributed by atoms with E-state index in [4.69, 9.17) is 0 Å². The van der Waals surface area contributed by atoms with Crippen molar-refractivity contribution in [2.24, 2.45) is 12.5 Å². The Morgan fingerprint density at radius 1 is 1.44 bits per heavy atom. The molecule has 0 aromatic carbocycles. The molecule has 0 fully saturated rings. The highest BCUT2D eigenvalue weighted by molar-refractivity contribution is 5.10. The zero-order valence-corrected chi connectivity index (χ0v) is 11.3. The van der Waals surface area contributed by atoms with Crippen molar-refractivity contribution < 1.29 is 0 Å². The molecule has 0 saturated carbocycles. The molecule has 0 spiro atoms. The van der Waals surface area contributed by atoms with Crippen molar-refractivity contribution in [3.8, 4) is 0 Å². The van der Waals surface area contributed by atoms with Crippen LogP contribution >= 0.6 is 0 Å². The van der Waals surface area contributed by atoms with Gasteiger partial charge in [-0.1, -0.05) is 20.8 Å². The van der Waals surface area contributed by atoms with E-state index in [2.05, 4.69) is 44.2 Å². The lowest BCUT2D eigenvalue weighted by atomic mass is 9.84. The summed E-state index contributed by atoms with van der Waals surface area (Å²) in [7, 11) is 2.03. The van der Waals surface area contributed by atoms with Crippen molar-refractivity contribution in [3.63, 3.8) is 0 Å². The van der Waals surface area contributed by atoms with Gasteiger partial charge < -0.3 is 5.32 Å². The summed E-state index contributed by atoms with van der Waals surface area (Å²) in [6.07, 6.45) is 2.29. The molecule has 1 aromatic heterocycles. The van der Waals surface area contributed by atoms with Crippen LogP contribution in [0.5, 0.6) is 0 Å². The standard InChI is InChI=1S/C13H25N3/c1-6-14-8-7-13(3,4)10-12-9-11(2)15-16(12)5/h9,14H,6-8,10H2,1-5H3.